The molecular formula is C16H22ClN3O3. The average molecular weight is 340 g/mol. The molecule has 2 aliphatic heterocycles. The topological polar surface area (TPSA) is 54.9 Å². The molecule has 0 spiro atoms. The highest BCUT2D eigenvalue weighted by atomic mass is 35.5. The van der Waals surface area contributed by atoms with Crippen LogP contribution in [0, 0.1) is 0 Å². The van der Waals surface area contributed by atoms with E-state index in [1.807, 2.05) is 20.8 Å². The third kappa shape index (κ3) is 3.63. The first-order chi connectivity index (χ1) is 10.8. The number of ether oxygens (including phenoxy) is 2. The molecule has 0 bridgehead atoms. The van der Waals surface area contributed by atoms with Gasteiger partial charge in [0.25, 0.3) is 0 Å². The highest BCUT2D eigenvalue weighted by Crippen LogP contribution is 2.34. The number of nitrogens with zero attached hydrogens (tertiary/aromatic N) is 3. The number of carbonyl (C=O) groups excluding carboxylic acids is 1. The zero-order valence-corrected chi connectivity index (χ0v) is 14.5. The fraction of sp³-hybridized carbons (Fsp3) is 0.625. The van der Waals surface area contributed by atoms with Gasteiger partial charge in [0.2, 0.25) is 0 Å². The second kappa shape index (κ2) is 6.07. The summed E-state index contributed by atoms with van der Waals surface area (Å²) in [5, 5.41) is 0.564. The van der Waals surface area contributed by atoms with Crippen molar-refractivity contribution in [3.05, 3.63) is 17.3 Å². The molecule has 0 N–H and O–H groups in total. The zero-order valence-electron chi connectivity index (χ0n) is 13.7. The van der Waals surface area contributed by atoms with Gasteiger partial charge in [-0.15, -0.1) is 0 Å². The number of aromatic nitrogens is 1. The molecule has 3 heterocycles. The van der Waals surface area contributed by atoms with Gasteiger partial charge in [-0.05, 0) is 20.8 Å². The SMILES string of the molecule is CC(C)(C)OC(=O)N1CCN2c3ncc(Cl)cc3OCCC2C1. The zero-order chi connectivity index (χ0) is 16.6. The summed E-state index contributed by atoms with van der Waals surface area (Å²) < 4.78 is 11.3. The van der Waals surface area contributed by atoms with Gasteiger partial charge in [0.1, 0.15) is 5.60 Å². The molecule has 3 rings (SSSR count). The number of fused-ring (bicyclic) bond motifs is 3. The Hall–Kier alpha value is -1.69. The van der Waals surface area contributed by atoms with Crippen LogP contribution in [-0.2, 0) is 4.74 Å². The molecule has 6 nitrogen and oxygen atoms in total. The number of anilines is 1. The van der Waals surface area contributed by atoms with Crippen LogP contribution in [-0.4, -0.2) is 53.9 Å². The fourth-order valence-electron chi connectivity index (χ4n) is 2.91. The molecule has 1 amide bonds. The normalized spacial score (nSPS) is 21.0. The van der Waals surface area contributed by atoms with Crippen molar-refractivity contribution in [2.24, 2.45) is 0 Å². The minimum absolute atomic E-state index is 0.172. The Morgan fingerprint density at radius 3 is 2.96 bits per heavy atom. The summed E-state index contributed by atoms with van der Waals surface area (Å²) in [5.41, 5.74) is -0.480. The predicted molar refractivity (Wildman–Crippen MR) is 88.3 cm³/mol. The maximum Gasteiger partial charge on any atom is 0.410 e. The predicted octanol–water partition coefficient (Wildman–Crippen LogP) is 2.94. The Kier molecular flexibility index (Phi) is 4.27. The van der Waals surface area contributed by atoms with E-state index in [0.29, 0.717) is 37.0 Å². The largest absolute Gasteiger partial charge is 0.490 e. The van der Waals surface area contributed by atoms with Gasteiger partial charge in [-0.2, -0.15) is 0 Å². The molecule has 1 unspecified atom stereocenters. The van der Waals surface area contributed by atoms with Gasteiger partial charge in [0.05, 0.1) is 17.7 Å². The molecule has 23 heavy (non-hydrogen) atoms. The Morgan fingerprint density at radius 1 is 1.43 bits per heavy atom. The lowest BCUT2D eigenvalue weighted by Gasteiger charge is -2.41. The molecule has 0 aliphatic carbocycles. The van der Waals surface area contributed by atoms with E-state index in [9.17, 15) is 4.79 Å². The van der Waals surface area contributed by atoms with Crippen LogP contribution in [0.15, 0.2) is 12.3 Å². The van der Waals surface area contributed by atoms with Gasteiger partial charge in [-0.3, -0.25) is 0 Å². The van der Waals surface area contributed by atoms with Crippen molar-refractivity contribution in [2.75, 3.05) is 31.1 Å². The number of rotatable bonds is 0. The van der Waals surface area contributed by atoms with Gasteiger partial charge >= 0.3 is 6.09 Å². The third-order valence-electron chi connectivity index (χ3n) is 3.91. The van der Waals surface area contributed by atoms with Crippen LogP contribution >= 0.6 is 11.6 Å². The van der Waals surface area contributed by atoms with Crippen molar-refractivity contribution in [3.63, 3.8) is 0 Å². The van der Waals surface area contributed by atoms with E-state index in [4.69, 9.17) is 21.1 Å². The first-order valence-corrected chi connectivity index (χ1v) is 8.24. The lowest BCUT2D eigenvalue weighted by Crippen LogP contribution is -2.55. The van der Waals surface area contributed by atoms with Gasteiger partial charge < -0.3 is 19.3 Å². The van der Waals surface area contributed by atoms with E-state index in [1.165, 1.54) is 0 Å². The number of hydrogen-bond donors (Lipinski definition) is 0. The maximum absolute atomic E-state index is 12.3. The molecule has 2 aliphatic rings. The van der Waals surface area contributed by atoms with Crippen LogP contribution < -0.4 is 9.64 Å². The first-order valence-electron chi connectivity index (χ1n) is 7.86. The van der Waals surface area contributed by atoms with E-state index in [0.717, 1.165) is 12.2 Å². The van der Waals surface area contributed by atoms with Crippen molar-refractivity contribution < 1.29 is 14.3 Å². The standard InChI is InChI=1S/C16H22ClN3O3/c1-16(2,3)23-15(21)19-5-6-20-12(10-19)4-7-22-13-8-11(17)9-18-14(13)20/h8-9,12H,4-7,10H2,1-3H3. The van der Waals surface area contributed by atoms with E-state index < -0.39 is 5.60 Å². The van der Waals surface area contributed by atoms with Gasteiger partial charge in [-0.25, -0.2) is 9.78 Å². The molecule has 0 aromatic carbocycles. The van der Waals surface area contributed by atoms with Crippen molar-refractivity contribution in [1.82, 2.24) is 9.88 Å². The molecule has 7 heteroatoms. The summed E-state index contributed by atoms with van der Waals surface area (Å²) >= 11 is 6.00. The number of amides is 1. The van der Waals surface area contributed by atoms with Crippen LogP contribution in [0.3, 0.4) is 0 Å². The molecule has 1 atom stereocenters. The Bertz CT molecular complexity index is 603. The van der Waals surface area contributed by atoms with Crippen molar-refractivity contribution in [3.8, 4) is 5.75 Å². The number of halogens is 1. The second-order valence-corrected chi connectivity index (χ2v) is 7.32. The first kappa shape index (κ1) is 16.2. The highest BCUT2D eigenvalue weighted by Gasteiger charge is 2.35. The molecule has 1 aromatic heterocycles. The van der Waals surface area contributed by atoms with Crippen molar-refractivity contribution >= 4 is 23.5 Å². The lowest BCUT2D eigenvalue weighted by molar-refractivity contribution is 0.0210. The summed E-state index contributed by atoms with van der Waals surface area (Å²) in [6.07, 6.45) is 2.20. The minimum atomic E-state index is -0.480. The summed E-state index contributed by atoms with van der Waals surface area (Å²) in [7, 11) is 0. The van der Waals surface area contributed by atoms with E-state index >= 15 is 0 Å². The molecule has 1 saturated heterocycles. The summed E-state index contributed by atoms with van der Waals surface area (Å²) in [5.74, 6) is 1.52. The van der Waals surface area contributed by atoms with Crippen LogP contribution in [0.4, 0.5) is 10.6 Å². The van der Waals surface area contributed by atoms with Crippen molar-refractivity contribution in [1.29, 1.82) is 0 Å². The molecule has 0 radical (unpaired) electrons. The molecule has 0 saturated carbocycles. The Morgan fingerprint density at radius 2 is 2.22 bits per heavy atom. The summed E-state index contributed by atoms with van der Waals surface area (Å²) in [6.45, 7) is 8.14. The summed E-state index contributed by atoms with van der Waals surface area (Å²) in [6, 6.07) is 1.97. The average Bonchev–Trinajstić information content (AvgIpc) is 2.63. The third-order valence-corrected chi connectivity index (χ3v) is 4.12. The Labute approximate surface area is 141 Å². The van der Waals surface area contributed by atoms with Crippen LogP contribution in [0.2, 0.25) is 5.02 Å². The smallest absolute Gasteiger partial charge is 0.410 e. The minimum Gasteiger partial charge on any atom is -0.490 e. The number of pyridine rings is 1. The van der Waals surface area contributed by atoms with Crippen LogP contribution in [0.1, 0.15) is 27.2 Å². The Balaban J connectivity index is 1.75. The number of hydrogen-bond acceptors (Lipinski definition) is 5. The monoisotopic (exact) mass is 339 g/mol. The molecular weight excluding hydrogens is 318 g/mol. The lowest BCUT2D eigenvalue weighted by atomic mass is 10.1. The van der Waals surface area contributed by atoms with E-state index in [1.54, 1.807) is 17.2 Å². The molecule has 126 valence electrons. The quantitative estimate of drug-likeness (QED) is 0.727. The van der Waals surface area contributed by atoms with Crippen molar-refractivity contribution in [2.45, 2.75) is 38.8 Å². The molecule has 1 aromatic rings. The second-order valence-electron chi connectivity index (χ2n) is 6.89. The van der Waals surface area contributed by atoms with Crippen LogP contribution in [0.25, 0.3) is 0 Å². The molecule has 1 fully saturated rings. The van der Waals surface area contributed by atoms with Gasteiger partial charge in [-0.1, -0.05) is 11.6 Å². The van der Waals surface area contributed by atoms with E-state index in [-0.39, 0.29) is 12.1 Å². The van der Waals surface area contributed by atoms with Gasteiger partial charge in [0.15, 0.2) is 11.6 Å². The number of carbonyl (C=O) groups is 1. The number of piperazine rings is 1. The fourth-order valence-corrected chi connectivity index (χ4v) is 3.06. The van der Waals surface area contributed by atoms with Gasteiger partial charge in [0, 0.05) is 38.3 Å². The summed E-state index contributed by atoms with van der Waals surface area (Å²) in [4.78, 5) is 20.7. The highest BCUT2D eigenvalue weighted by molar-refractivity contribution is 6.30. The van der Waals surface area contributed by atoms with Crippen LogP contribution in [0.5, 0.6) is 5.75 Å². The maximum atomic E-state index is 12.3. The van der Waals surface area contributed by atoms with E-state index in [2.05, 4.69) is 9.88 Å².